The van der Waals surface area contributed by atoms with E-state index in [1.807, 2.05) is 0 Å². The topological polar surface area (TPSA) is 35.9 Å². The third-order valence-corrected chi connectivity index (χ3v) is 24.4. The van der Waals surface area contributed by atoms with Crippen molar-refractivity contribution < 1.29 is 90.7 Å². The second-order valence-corrected chi connectivity index (χ2v) is 28.0. The monoisotopic (exact) mass is 1480 g/mol. The van der Waals surface area contributed by atoms with Crippen molar-refractivity contribution in [3.05, 3.63) is 368 Å². The van der Waals surface area contributed by atoms with E-state index in [-0.39, 0.29) is 60.7 Å². The van der Waals surface area contributed by atoms with Gasteiger partial charge in [0.1, 0.15) is 5.82 Å². The van der Waals surface area contributed by atoms with Gasteiger partial charge in [0.2, 0.25) is 0 Å². The van der Waals surface area contributed by atoms with Gasteiger partial charge < -0.3 is 13.9 Å². The van der Waals surface area contributed by atoms with Gasteiger partial charge in [0.05, 0.1) is 64.7 Å². The summed E-state index contributed by atoms with van der Waals surface area (Å²) in [6, 6.07) is -13.2. The van der Waals surface area contributed by atoms with E-state index in [1.165, 1.54) is 34.9 Å². The van der Waals surface area contributed by atoms with Crippen LogP contribution in [0.3, 0.4) is 0 Å². The number of para-hydroxylation sites is 2. The molecule has 0 spiro atoms. The minimum atomic E-state index is -7.00. The van der Waals surface area contributed by atoms with Gasteiger partial charge in [0.25, 0.3) is 6.33 Å². The van der Waals surface area contributed by atoms with Crippen molar-refractivity contribution in [1.82, 2.24) is 14.1 Å². The Morgan fingerprint density at radius 3 is 1.47 bits per heavy atom. The van der Waals surface area contributed by atoms with Gasteiger partial charge in [-0.2, -0.15) is 18.2 Å². The maximum Gasteiger partial charge on any atom is 0.268 e. The van der Waals surface area contributed by atoms with Crippen LogP contribution in [0.15, 0.2) is 333 Å². The van der Waals surface area contributed by atoms with Crippen LogP contribution in [0.1, 0.15) is 77.0 Å². The van der Waals surface area contributed by atoms with E-state index in [9.17, 15) is 32.9 Å². The second-order valence-electron chi connectivity index (χ2n) is 20.9. The molecule has 458 valence electrons. The quantitative estimate of drug-likeness (QED) is 0.0444. The molecule has 0 N–H and O–H groups in total. The molecule has 16 aromatic rings. The third kappa shape index (κ3) is 10.4. The number of aromatic nitrogens is 4. The van der Waals surface area contributed by atoms with Crippen LogP contribution in [0.5, 0.6) is 11.5 Å². The van der Waals surface area contributed by atoms with Crippen molar-refractivity contribution in [2.75, 3.05) is 0 Å². The molecule has 16 rings (SSSR count). The molecule has 13 aromatic carbocycles. The van der Waals surface area contributed by atoms with E-state index in [4.69, 9.17) is 32.2 Å². The van der Waals surface area contributed by atoms with E-state index in [0.29, 0.717) is 16.3 Å². The van der Waals surface area contributed by atoms with Crippen LogP contribution in [-0.2, 0) is 21.1 Å². The van der Waals surface area contributed by atoms with Crippen LogP contribution in [0.2, 0.25) is 0 Å². The molecule has 95 heavy (non-hydrogen) atoms. The molecule has 3 aromatic heterocycles. The van der Waals surface area contributed by atoms with Crippen molar-refractivity contribution in [2.24, 2.45) is 0 Å². The van der Waals surface area contributed by atoms with Gasteiger partial charge >= 0.3 is 0 Å². The Morgan fingerprint density at radius 2 is 0.937 bits per heavy atom. The van der Waals surface area contributed by atoms with Crippen molar-refractivity contribution in [2.45, 2.75) is 20.6 Å². The molecule has 0 aliphatic rings. The predicted molar refractivity (Wildman–Crippen MR) is 392 cm³/mol. The minimum absolute atomic E-state index is 0. The normalized spacial score (nSPS) is 18.6. The second kappa shape index (κ2) is 25.6. The van der Waals surface area contributed by atoms with Crippen molar-refractivity contribution in [3.8, 4) is 50.9 Å². The zero-order valence-electron chi connectivity index (χ0n) is 92.6. The number of aryl methyl sites for hydroxylation is 3. The molecule has 0 aliphatic heterocycles. The Labute approximate surface area is 633 Å². The van der Waals surface area contributed by atoms with Gasteiger partial charge in [-0.05, 0) is 125 Å². The molecule has 0 amide bonds. The number of pyridine rings is 1. The Morgan fingerprint density at radius 1 is 0.442 bits per heavy atom. The largest absolute Gasteiger partial charge is 0.510 e. The maximum atomic E-state index is 10.4. The van der Waals surface area contributed by atoms with Gasteiger partial charge in [-0.15, -0.1) is 29.7 Å². The third-order valence-electron chi connectivity index (χ3n) is 16.0. The summed E-state index contributed by atoms with van der Waals surface area (Å²) in [6.45, 7) is -9.46. The van der Waals surface area contributed by atoms with Gasteiger partial charge in [0.15, 0.2) is 16.1 Å². The Bertz CT molecular complexity index is 7240. The van der Waals surface area contributed by atoms with Crippen LogP contribution in [0, 0.1) is 39.0 Å². The van der Waals surface area contributed by atoms with E-state index in [2.05, 4.69) is 23.4 Å². The van der Waals surface area contributed by atoms with E-state index in [1.54, 1.807) is 30.3 Å². The molecule has 0 atom stereocenters. The number of benzene rings is 13. The molecule has 0 saturated heterocycles. The summed E-state index contributed by atoms with van der Waals surface area (Å²) in [7, 11) is -14.0. The molecule has 0 aliphatic carbocycles. The number of rotatable bonds is 15. The Kier molecular flexibility index (Phi) is 7.77. The van der Waals surface area contributed by atoms with Crippen LogP contribution in [0.4, 0.5) is 0 Å². The maximum absolute atomic E-state index is 10.4. The van der Waals surface area contributed by atoms with Crippen molar-refractivity contribution in [1.29, 1.82) is 0 Å². The summed E-state index contributed by atoms with van der Waals surface area (Å²) in [6.07, 6.45) is 4.22. The van der Waals surface area contributed by atoms with Gasteiger partial charge in [-0.3, -0.25) is 4.57 Å². The van der Waals surface area contributed by atoms with Crippen LogP contribution in [-0.4, -0.2) is 30.3 Å². The SMILES string of the molecule is [2H]c1c([2H])c([2H])c(-c2cnc(-n3c4[c-]c(Oc5[c-]c(-n6[c-][n+](-c7c([Si](c8c([2H])c([2H])c([2H])c([2H])c8[2H])(c8c([2H])c([2H])c([2H])c([2H])c8[2H])c8c([2H])c([2H])c([2H])c([2H])c8[2H])cccc7[Si](c7c([2H])c([2H])c([2H])c([2H])c7[2H])(c7c([2H])c([2H])c([2H])c([2H])c7[2H])c7c([2H])c([2H])c([2H])c([2H])c7[2H])c7ccc(-c8c(C([2H])([2H])[2H])cccc8C([2H])([2H])[2H])cc76)ccc5)ccc4c4ccccc43)cc2C([2H])([2H])[2H])c([2H])c1[2H].[Pt]. The van der Waals surface area contributed by atoms with E-state index < -0.39 is 334 Å². The van der Waals surface area contributed by atoms with Gasteiger partial charge in [0, 0.05) is 62.2 Å². The van der Waals surface area contributed by atoms with Crippen molar-refractivity contribution >= 4 is 90.5 Å². The Hall–Kier alpha value is -10.8. The minimum Gasteiger partial charge on any atom is -0.510 e. The fourth-order valence-electron chi connectivity index (χ4n) is 12.1. The first-order valence-electron chi connectivity index (χ1n) is 50.5. The molecule has 0 unspecified atom stereocenters. The first-order chi connectivity index (χ1) is 64.5. The number of hydrogen-bond acceptors (Lipinski definition) is 2. The molecular weight excluding hydrogens is 1370 g/mol. The van der Waals surface area contributed by atoms with Gasteiger partial charge in [-0.1, -0.05) is 284 Å². The molecule has 0 radical (unpaired) electrons. The molecule has 8 heteroatoms. The van der Waals surface area contributed by atoms with Crippen LogP contribution < -0.4 is 50.8 Å². The van der Waals surface area contributed by atoms with Gasteiger partial charge in [-0.25, -0.2) is 4.98 Å². The number of imidazole rings is 1. The molecule has 0 saturated carbocycles. The summed E-state index contributed by atoms with van der Waals surface area (Å²) >= 11 is 0. The number of ether oxygens (including phenoxy) is 1. The predicted octanol–water partition coefficient (Wildman–Crippen LogP) is 14.6. The zero-order valence-corrected chi connectivity index (χ0v) is 52.8. The summed E-state index contributed by atoms with van der Waals surface area (Å²) in [5, 5.41) is -8.65. The number of hydrogen-bond donors (Lipinski definition) is 0. The Balaban J connectivity index is 0.0000146. The average molecular weight is 1480 g/mol. The zero-order chi connectivity index (χ0) is 101. The fourth-order valence-corrected chi connectivity index (χ4v) is 20.2. The van der Waals surface area contributed by atoms with Crippen molar-refractivity contribution in [3.63, 3.8) is 0 Å². The van der Waals surface area contributed by atoms with Crippen LogP contribution in [0.25, 0.3) is 72.3 Å². The number of fused-ring (bicyclic) bond motifs is 4. The summed E-state index contributed by atoms with van der Waals surface area (Å²) < 4.78 is 429. The molecule has 5 nitrogen and oxygen atoms in total. The number of nitrogens with zero attached hydrogens (tertiary/aromatic N) is 4. The van der Waals surface area contributed by atoms with E-state index in [0.717, 1.165) is 69.9 Å². The van der Waals surface area contributed by atoms with E-state index >= 15 is 0 Å². The summed E-state index contributed by atoms with van der Waals surface area (Å²) in [4.78, 5) is 4.66. The first kappa shape index (κ1) is 28.8. The standard InChI is InChI=1S/C87H64N4OSi2.Pt/c1-62-30-27-31-63(2)86(62)66-52-55-80-82(57-66)89(67-34-28-35-68(58-67)92-69-53-54-77-76-48-25-26-49-79(76)91(81(77)59-69)85-56-64(3)78(60-88-85)65-32-11-4-12-33-65)61-90(80)87-83(93(70-36-13-5-14-37-70,71-38-15-6-16-39-71)72-40-17-7-18-41-72)50-29-51-84(87)94(73-42-19-8-20-43-73,74-44-21-9-22-45-74)75-46-23-10-24-47-75;/h4-57,60H,1-3H3;/q-2;/i1D3,2D3,3D3,4D,5D,6D,7D,8D,9D,10D,11D,12D,13D,14D,15D,16D,17D,18D,19D,20D,21D,22D,23D,24D,32D,33D,36D,37D,38D,39D,40D,41D,42D,43D,44D,45D,46D,47D;. The smallest absolute Gasteiger partial charge is 0.268 e. The first-order valence-corrected chi connectivity index (χ1v) is 32.5. The molecule has 3 heterocycles. The molecule has 0 fully saturated rings. The molecular formula is C87H64N4OPtSi2-2. The fraction of sp³-hybridized carbons (Fsp3) is 0.0345. The average Bonchev–Trinajstić information content (AvgIpc) is 1.49. The van der Waals surface area contributed by atoms with Crippen LogP contribution >= 0.6 is 0 Å². The molecule has 0 bridgehead atoms. The summed E-state index contributed by atoms with van der Waals surface area (Å²) in [5.74, 6) is -0.584. The summed E-state index contributed by atoms with van der Waals surface area (Å²) in [5.41, 5.74) is -5.07.